The summed E-state index contributed by atoms with van der Waals surface area (Å²) < 4.78 is 17.0. The van der Waals surface area contributed by atoms with Crippen LogP contribution in [0.15, 0.2) is 47.4 Å². The second-order valence-corrected chi connectivity index (χ2v) is 6.19. The molecule has 4 heterocycles. The molecule has 2 saturated heterocycles. The molecule has 2 aliphatic heterocycles. The van der Waals surface area contributed by atoms with Gasteiger partial charge in [0, 0.05) is 12.8 Å². The predicted molar refractivity (Wildman–Crippen MR) is 85.3 cm³/mol. The zero-order chi connectivity index (χ0) is 16.4. The van der Waals surface area contributed by atoms with E-state index in [0.717, 1.165) is 25.1 Å². The highest BCUT2D eigenvalue weighted by atomic mass is 16.5. The molecule has 2 aliphatic rings. The summed E-state index contributed by atoms with van der Waals surface area (Å²) in [6.07, 6.45) is 6.46. The number of amides is 1. The van der Waals surface area contributed by atoms with Crippen LogP contribution in [0.3, 0.4) is 0 Å². The third-order valence-corrected chi connectivity index (χ3v) is 4.68. The van der Waals surface area contributed by atoms with E-state index in [1.165, 1.54) is 12.5 Å². The second-order valence-electron chi connectivity index (χ2n) is 6.19. The summed E-state index contributed by atoms with van der Waals surface area (Å²) >= 11 is 0. The lowest BCUT2D eigenvalue weighted by Gasteiger charge is -2.32. The third-order valence-electron chi connectivity index (χ3n) is 4.68. The molecule has 2 aromatic heterocycles. The Hall–Kier alpha value is -2.18. The minimum atomic E-state index is -0.131. The van der Waals surface area contributed by atoms with E-state index in [2.05, 4.69) is 4.98 Å². The molecule has 0 aromatic carbocycles. The summed E-state index contributed by atoms with van der Waals surface area (Å²) in [5, 5.41) is 0. The predicted octanol–water partition coefficient (Wildman–Crippen LogP) is 2.26. The number of nitrogens with zero attached hydrogens (tertiary/aromatic N) is 2. The van der Waals surface area contributed by atoms with Crippen LogP contribution in [-0.4, -0.2) is 47.2 Å². The van der Waals surface area contributed by atoms with Crippen molar-refractivity contribution in [1.82, 2.24) is 9.88 Å². The smallest absolute Gasteiger partial charge is 0.257 e. The summed E-state index contributed by atoms with van der Waals surface area (Å²) in [7, 11) is 0. The lowest BCUT2D eigenvalue weighted by molar-refractivity contribution is -0.0814. The monoisotopic (exact) mass is 328 g/mol. The van der Waals surface area contributed by atoms with Gasteiger partial charge in [-0.1, -0.05) is 6.07 Å². The normalized spacial score (nSPS) is 26.3. The molecule has 24 heavy (non-hydrogen) atoms. The number of furan rings is 1. The van der Waals surface area contributed by atoms with Crippen LogP contribution in [0.25, 0.3) is 0 Å². The maximum atomic E-state index is 12.7. The Labute approximate surface area is 140 Å². The zero-order valence-electron chi connectivity index (χ0n) is 13.3. The topological polar surface area (TPSA) is 64.8 Å². The summed E-state index contributed by atoms with van der Waals surface area (Å²) in [5.74, 6) is -0.0202. The largest absolute Gasteiger partial charge is 0.472 e. The van der Waals surface area contributed by atoms with Gasteiger partial charge in [0.25, 0.3) is 5.91 Å². The van der Waals surface area contributed by atoms with E-state index in [1.807, 2.05) is 23.1 Å². The molecule has 0 saturated carbocycles. The number of likely N-dealkylation sites (tertiary alicyclic amines) is 1. The van der Waals surface area contributed by atoms with Crippen molar-refractivity contribution in [3.8, 4) is 0 Å². The molecule has 1 amide bonds. The number of fused-ring (bicyclic) bond motifs is 1. The van der Waals surface area contributed by atoms with Crippen molar-refractivity contribution in [2.75, 3.05) is 13.2 Å². The molecule has 0 unspecified atom stereocenters. The summed E-state index contributed by atoms with van der Waals surface area (Å²) in [6.45, 7) is 1.68. The summed E-state index contributed by atoms with van der Waals surface area (Å²) in [6, 6.07) is 7.51. The van der Waals surface area contributed by atoms with Gasteiger partial charge in [0.1, 0.15) is 18.5 Å². The summed E-state index contributed by atoms with van der Waals surface area (Å²) in [5.41, 5.74) is 1.45. The third kappa shape index (κ3) is 2.95. The Morgan fingerprint density at radius 2 is 2.33 bits per heavy atom. The molecule has 0 N–H and O–H groups in total. The highest BCUT2D eigenvalue weighted by Crippen LogP contribution is 2.32. The van der Waals surface area contributed by atoms with Gasteiger partial charge < -0.3 is 18.8 Å². The van der Waals surface area contributed by atoms with Gasteiger partial charge in [-0.2, -0.15) is 0 Å². The summed E-state index contributed by atoms with van der Waals surface area (Å²) in [4.78, 5) is 18.9. The van der Waals surface area contributed by atoms with Crippen LogP contribution >= 0.6 is 0 Å². The van der Waals surface area contributed by atoms with Crippen LogP contribution in [0, 0.1) is 0 Å². The average Bonchev–Trinajstić information content (AvgIpc) is 3.29. The Balaban J connectivity index is 1.48. The number of pyridine rings is 1. The first kappa shape index (κ1) is 15.4. The fourth-order valence-electron chi connectivity index (χ4n) is 3.52. The van der Waals surface area contributed by atoms with Gasteiger partial charge in [0.05, 0.1) is 36.7 Å². The van der Waals surface area contributed by atoms with E-state index in [-0.39, 0.29) is 24.2 Å². The van der Waals surface area contributed by atoms with Gasteiger partial charge in [-0.3, -0.25) is 9.78 Å². The molecule has 6 heteroatoms. The van der Waals surface area contributed by atoms with Crippen LogP contribution in [0.5, 0.6) is 0 Å². The van der Waals surface area contributed by atoms with Crippen molar-refractivity contribution in [1.29, 1.82) is 0 Å². The molecule has 0 radical (unpaired) electrons. The molecular formula is C18H20N2O4. The SMILES string of the molecule is O=C(c1ccoc1)N1C[C@@H](OCc2ccccn2)[C@@H]2OCCC[C@@H]21. The minimum Gasteiger partial charge on any atom is -0.472 e. The number of ether oxygens (including phenoxy) is 2. The maximum absolute atomic E-state index is 12.7. The quantitative estimate of drug-likeness (QED) is 0.861. The van der Waals surface area contributed by atoms with Crippen LogP contribution in [0.1, 0.15) is 28.9 Å². The van der Waals surface area contributed by atoms with Crippen LogP contribution in [0.4, 0.5) is 0 Å². The Morgan fingerprint density at radius 3 is 3.12 bits per heavy atom. The average molecular weight is 328 g/mol. The van der Waals surface area contributed by atoms with Crippen molar-refractivity contribution >= 4 is 5.91 Å². The lowest BCUT2D eigenvalue weighted by atomic mass is 10.0. The molecular weight excluding hydrogens is 308 g/mol. The zero-order valence-corrected chi connectivity index (χ0v) is 13.3. The molecule has 2 aromatic rings. The Bertz CT molecular complexity index is 674. The first-order valence-corrected chi connectivity index (χ1v) is 8.29. The van der Waals surface area contributed by atoms with Crippen LogP contribution in [0.2, 0.25) is 0 Å². The molecule has 3 atom stereocenters. The van der Waals surface area contributed by atoms with E-state index in [9.17, 15) is 4.79 Å². The fourth-order valence-corrected chi connectivity index (χ4v) is 3.52. The lowest BCUT2D eigenvalue weighted by Crippen LogP contribution is -2.43. The van der Waals surface area contributed by atoms with Gasteiger partial charge in [-0.05, 0) is 31.0 Å². The maximum Gasteiger partial charge on any atom is 0.257 e. The number of hydrogen-bond acceptors (Lipinski definition) is 5. The standard InChI is InChI=1S/C18H20N2O4/c21-18(13-6-9-22-11-13)20-10-16(17-15(20)5-3-8-23-17)24-12-14-4-1-2-7-19-14/h1-2,4,6-7,9,11,15-17H,3,5,8,10,12H2/t15-,16+,17+/m0/s1. The fraction of sp³-hybridized carbons (Fsp3) is 0.444. The van der Waals surface area contributed by atoms with Gasteiger partial charge in [0.15, 0.2) is 0 Å². The van der Waals surface area contributed by atoms with Crippen molar-refractivity contribution in [2.45, 2.75) is 37.7 Å². The van der Waals surface area contributed by atoms with E-state index in [1.54, 1.807) is 12.3 Å². The second kappa shape index (κ2) is 6.75. The minimum absolute atomic E-state index is 0.0202. The van der Waals surface area contributed by atoms with Crippen molar-refractivity contribution < 1.29 is 18.7 Å². The van der Waals surface area contributed by atoms with Gasteiger partial charge in [-0.25, -0.2) is 0 Å². The van der Waals surface area contributed by atoms with E-state index < -0.39 is 0 Å². The van der Waals surface area contributed by atoms with Crippen LogP contribution in [-0.2, 0) is 16.1 Å². The number of rotatable bonds is 4. The van der Waals surface area contributed by atoms with E-state index >= 15 is 0 Å². The molecule has 2 fully saturated rings. The molecule has 0 bridgehead atoms. The van der Waals surface area contributed by atoms with Crippen molar-refractivity contribution in [3.63, 3.8) is 0 Å². The van der Waals surface area contributed by atoms with Crippen molar-refractivity contribution in [2.24, 2.45) is 0 Å². The molecule has 0 spiro atoms. The first-order chi connectivity index (χ1) is 11.8. The number of hydrogen-bond donors (Lipinski definition) is 0. The molecule has 0 aliphatic carbocycles. The van der Waals surface area contributed by atoms with Gasteiger partial charge in [-0.15, -0.1) is 0 Å². The highest BCUT2D eigenvalue weighted by molar-refractivity contribution is 5.94. The molecule has 6 nitrogen and oxygen atoms in total. The van der Waals surface area contributed by atoms with Crippen molar-refractivity contribution in [3.05, 3.63) is 54.2 Å². The Morgan fingerprint density at radius 1 is 1.38 bits per heavy atom. The molecule has 4 rings (SSSR count). The van der Waals surface area contributed by atoms with E-state index in [0.29, 0.717) is 18.7 Å². The number of aromatic nitrogens is 1. The number of carbonyl (C=O) groups excluding carboxylic acids is 1. The van der Waals surface area contributed by atoms with Crippen LogP contribution < -0.4 is 0 Å². The van der Waals surface area contributed by atoms with Gasteiger partial charge >= 0.3 is 0 Å². The highest BCUT2D eigenvalue weighted by Gasteiger charge is 2.46. The number of carbonyl (C=O) groups is 1. The van der Waals surface area contributed by atoms with Gasteiger partial charge in [0.2, 0.25) is 0 Å². The molecule has 126 valence electrons. The first-order valence-electron chi connectivity index (χ1n) is 8.29. The van der Waals surface area contributed by atoms with E-state index in [4.69, 9.17) is 13.9 Å². The Kier molecular flexibility index (Phi) is 4.32.